The Morgan fingerprint density at radius 2 is 1.94 bits per heavy atom. The van der Waals surface area contributed by atoms with E-state index in [2.05, 4.69) is 20.8 Å². The van der Waals surface area contributed by atoms with Crippen LogP contribution in [0, 0.1) is 19.8 Å². The number of primary amides is 1. The molecule has 7 heteroatoms. The molecule has 0 spiro atoms. The van der Waals surface area contributed by atoms with Gasteiger partial charge in [0.1, 0.15) is 6.04 Å². The van der Waals surface area contributed by atoms with E-state index in [1.54, 1.807) is 6.92 Å². The van der Waals surface area contributed by atoms with E-state index >= 15 is 0 Å². The number of rotatable bonds is 4. The van der Waals surface area contributed by atoms with E-state index in [4.69, 9.17) is 5.73 Å². The lowest BCUT2D eigenvalue weighted by molar-refractivity contribution is -0.118. The van der Waals surface area contributed by atoms with Gasteiger partial charge in [-0.3, -0.25) is 9.89 Å². The fraction of sp³-hybridized carbons (Fsp3) is 0.545. The van der Waals surface area contributed by atoms with Crippen LogP contribution >= 0.6 is 0 Å². The summed E-state index contributed by atoms with van der Waals surface area (Å²) < 4.78 is 0. The van der Waals surface area contributed by atoms with Crippen LogP contribution in [0.25, 0.3) is 0 Å². The van der Waals surface area contributed by atoms with Gasteiger partial charge in [-0.25, -0.2) is 4.79 Å². The zero-order chi connectivity index (χ0) is 13.9. The van der Waals surface area contributed by atoms with E-state index < -0.39 is 12.1 Å². The Morgan fingerprint density at radius 3 is 2.33 bits per heavy atom. The van der Waals surface area contributed by atoms with Crippen molar-refractivity contribution in [3.8, 4) is 0 Å². The molecule has 1 unspecified atom stereocenters. The van der Waals surface area contributed by atoms with Crippen LogP contribution in [-0.2, 0) is 4.79 Å². The van der Waals surface area contributed by atoms with Crippen LogP contribution in [0.4, 0.5) is 10.5 Å². The standard InChI is InChI=1S/C11H19N5O2/c1-5(2)8(14-11(12)18)10(17)13-9-6(3)15-16-7(9)4/h5,8H,1-4H3,(H,13,17)(H,15,16)(H3,12,14,18). The van der Waals surface area contributed by atoms with E-state index in [-0.39, 0.29) is 11.8 Å². The summed E-state index contributed by atoms with van der Waals surface area (Å²) in [5.74, 6) is -0.374. The molecule has 0 saturated carbocycles. The summed E-state index contributed by atoms with van der Waals surface area (Å²) in [6, 6.07) is -1.39. The summed E-state index contributed by atoms with van der Waals surface area (Å²) in [4.78, 5) is 22.9. The van der Waals surface area contributed by atoms with E-state index in [9.17, 15) is 9.59 Å². The molecule has 0 aliphatic carbocycles. The third-order valence-corrected chi connectivity index (χ3v) is 2.62. The van der Waals surface area contributed by atoms with Crippen molar-refractivity contribution in [2.24, 2.45) is 11.7 Å². The maximum atomic E-state index is 12.1. The van der Waals surface area contributed by atoms with Gasteiger partial charge in [0.15, 0.2) is 0 Å². The molecule has 1 heterocycles. The summed E-state index contributed by atoms with van der Waals surface area (Å²) in [5.41, 5.74) is 7.15. The lowest BCUT2D eigenvalue weighted by Crippen LogP contribution is -2.49. The smallest absolute Gasteiger partial charge is 0.312 e. The number of nitrogens with one attached hydrogen (secondary N) is 3. The number of carbonyl (C=O) groups excluding carboxylic acids is 2. The first kappa shape index (κ1) is 14.0. The van der Waals surface area contributed by atoms with Crippen molar-refractivity contribution in [3.63, 3.8) is 0 Å². The molecule has 1 atom stereocenters. The topological polar surface area (TPSA) is 113 Å². The van der Waals surface area contributed by atoms with Gasteiger partial charge in [0.05, 0.1) is 17.1 Å². The molecule has 7 nitrogen and oxygen atoms in total. The van der Waals surface area contributed by atoms with Gasteiger partial charge in [-0.2, -0.15) is 5.10 Å². The number of nitrogens with two attached hydrogens (primary N) is 1. The van der Waals surface area contributed by atoms with Crippen molar-refractivity contribution in [1.82, 2.24) is 15.5 Å². The zero-order valence-electron chi connectivity index (χ0n) is 11.0. The highest BCUT2D eigenvalue weighted by Crippen LogP contribution is 2.17. The van der Waals surface area contributed by atoms with Gasteiger partial charge in [0.2, 0.25) is 5.91 Å². The van der Waals surface area contributed by atoms with E-state index in [0.29, 0.717) is 11.4 Å². The Hall–Kier alpha value is -2.05. The van der Waals surface area contributed by atoms with Crippen LogP contribution in [0.5, 0.6) is 0 Å². The quantitative estimate of drug-likeness (QED) is 0.632. The number of carbonyl (C=O) groups is 2. The highest BCUT2D eigenvalue weighted by molar-refractivity contribution is 5.97. The molecule has 0 fully saturated rings. The molecule has 0 aliphatic heterocycles. The normalized spacial score (nSPS) is 12.3. The van der Waals surface area contributed by atoms with Crippen molar-refractivity contribution in [3.05, 3.63) is 11.4 Å². The summed E-state index contributed by atoms with van der Waals surface area (Å²) >= 11 is 0. The first-order valence-electron chi connectivity index (χ1n) is 5.71. The minimum absolute atomic E-state index is 0.0648. The van der Waals surface area contributed by atoms with E-state index in [0.717, 1.165) is 5.69 Å². The summed E-state index contributed by atoms with van der Waals surface area (Å²) in [7, 11) is 0. The Labute approximate surface area is 106 Å². The van der Waals surface area contributed by atoms with Crippen molar-refractivity contribution in [1.29, 1.82) is 0 Å². The van der Waals surface area contributed by atoms with E-state index in [1.807, 2.05) is 20.8 Å². The van der Waals surface area contributed by atoms with Gasteiger partial charge >= 0.3 is 6.03 Å². The molecule has 1 aromatic heterocycles. The first-order valence-corrected chi connectivity index (χ1v) is 5.71. The first-order chi connectivity index (χ1) is 8.32. The minimum Gasteiger partial charge on any atom is -0.352 e. The average Bonchev–Trinajstić information content (AvgIpc) is 2.56. The molecule has 1 aromatic rings. The molecule has 100 valence electrons. The number of aryl methyl sites for hydroxylation is 2. The molecule has 3 amide bonds. The highest BCUT2D eigenvalue weighted by atomic mass is 16.2. The number of anilines is 1. The summed E-state index contributed by atoms with van der Waals surface area (Å²) in [6.07, 6.45) is 0. The molecule has 5 N–H and O–H groups in total. The predicted molar refractivity (Wildman–Crippen MR) is 68.0 cm³/mol. The zero-order valence-corrected chi connectivity index (χ0v) is 11.0. The predicted octanol–water partition coefficient (Wildman–Crippen LogP) is 0.658. The largest absolute Gasteiger partial charge is 0.352 e. The number of amides is 3. The molecule has 1 rings (SSSR count). The van der Waals surface area contributed by atoms with Crippen LogP contribution in [0.3, 0.4) is 0 Å². The molecule has 0 bridgehead atoms. The van der Waals surface area contributed by atoms with Gasteiger partial charge in [0, 0.05) is 0 Å². The Bertz CT molecular complexity index is 433. The molecular weight excluding hydrogens is 234 g/mol. The number of urea groups is 1. The van der Waals surface area contributed by atoms with Gasteiger partial charge in [0.25, 0.3) is 0 Å². The van der Waals surface area contributed by atoms with Crippen LogP contribution < -0.4 is 16.4 Å². The molecular formula is C11H19N5O2. The van der Waals surface area contributed by atoms with Crippen LogP contribution in [0.15, 0.2) is 0 Å². The fourth-order valence-corrected chi connectivity index (χ4v) is 1.62. The summed E-state index contributed by atoms with van der Waals surface area (Å²) in [5, 5.41) is 11.9. The molecule has 0 saturated heterocycles. The monoisotopic (exact) mass is 253 g/mol. The van der Waals surface area contributed by atoms with Crippen molar-refractivity contribution in [2.45, 2.75) is 33.7 Å². The van der Waals surface area contributed by atoms with Crippen LogP contribution in [0.1, 0.15) is 25.2 Å². The number of hydrogen-bond donors (Lipinski definition) is 4. The second kappa shape index (κ2) is 5.52. The highest BCUT2D eigenvalue weighted by Gasteiger charge is 2.24. The van der Waals surface area contributed by atoms with Crippen molar-refractivity contribution < 1.29 is 9.59 Å². The van der Waals surface area contributed by atoms with Crippen LogP contribution in [0.2, 0.25) is 0 Å². The lowest BCUT2D eigenvalue weighted by Gasteiger charge is -2.20. The van der Waals surface area contributed by atoms with E-state index in [1.165, 1.54) is 0 Å². The van der Waals surface area contributed by atoms with Crippen LogP contribution in [-0.4, -0.2) is 28.2 Å². The van der Waals surface area contributed by atoms with Gasteiger partial charge in [-0.05, 0) is 19.8 Å². The van der Waals surface area contributed by atoms with Crippen molar-refractivity contribution in [2.75, 3.05) is 5.32 Å². The third kappa shape index (κ3) is 3.22. The second-order valence-corrected chi connectivity index (χ2v) is 4.53. The number of aromatic amines is 1. The third-order valence-electron chi connectivity index (χ3n) is 2.62. The maximum Gasteiger partial charge on any atom is 0.312 e. The van der Waals surface area contributed by atoms with Crippen molar-refractivity contribution >= 4 is 17.6 Å². The van der Waals surface area contributed by atoms with Gasteiger partial charge in [-0.15, -0.1) is 0 Å². The molecule has 0 aromatic carbocycles. The van der Waals surface area contributed by atoms with Gasteiger partial charge < -0.3 is 16.4 Å². The average molecular weight is 253 g/mol. The SMILES string of the molecule is Cc1n[nH]c(C)c1NC(=O)C(NC(N)=O)C(C)C. The maximum absolute atomic E-state index is 12.1. The molecule has 18 heavy (non-hydrogen) atoms. The molecule has 0 aliphatic rings. The number of hydrogen-bond acceptors (Lipinski definition) is 3. The number of aromatic nitrogens is 2. The Morgan fingerprint density at radius 1 is 1.33 bits per heavy atom. The lowest BCUT2D eigenvalue weighted by atomic mass is 10.0. The fourth-order valence-electron chi connectivity index (χ4n) is 1.62. The Balaban J connectivity index is 2.82. The number of nitrogens with zero attached hydrogens (tertiary/aromatic N) is 1. The van der Waals surface area contributed by atoms with Gasteiger partial charge in [-0.1, -0.05) is 13.8 Å². The minimum atomic E-state index is -0.718. The Kier molecular flexibility index (Phi) is 4.30. The summed E-state index contributed by atoms with van der Waals surface area (Å²) in [6.45, 7) is 7.25. The number of H-pyrrole nitrogens is 1. The second-order valence-electron chi connectivity index (χ2n) is 4.53. The molecule has 0 radical (unpaired) electrons.